The van der Waals surface area contributed by atoms with E-state index in [-0.39, 0.29) is 10.1 Å². The van der Waals surface area contributed by atoms with Crippen molar-refractivity contribution in [3.63, 3.8) is 0 Å². The lowest BCUT2D eigenvalue weighted by molar-refractivity contribution is 0.610. The van der Waals surface area contributed by atoms with E-state index in [0.717, 1.165) is 0 Å². The minimum atomic E-state index is -4.48. The first-order valence-corrected chi connectivity index (χ1v) is 9.13. The maximum absolute atomic E-state index is 12.8. The van der Waals surface area contributed by atoms with Crippen LogP contribution in [0.4, 0.5) is 0 Å². The predicted molar refractivity (Wildman–Crippen MR) is 98.6 cm³/mol. The molecular formula is C18H10Cl2N2O2S. The highest BCUT2D eigenvalue weighted by molar-refractivity contribution is 8.00. The summed E-state index contributed by atoms with van der Waals surface area (Å²) in [6.07, 6.45) is 0. The second-order valence-corrected chi connectivity index (χ2v) is 7.32. The van der Waals surface area contributed by atoms with E-state index >= 15 is 0 Å². The Labute approximate surface area is 155 Å². The normalized spacial score (nSPS) is 13.1. The zero-order valence-corrected chi connectivity index (χ0v) is 15.0. The van der Waals surface area contributed by atoms with Gasteiger partial charge in [0.15, 0.2) is 9.81 Å². The van der Waals surface area contributed by atoms with Crippen LogP contribution in [-0.4, -0.2) is 8.42 Å². The van der Waals surface area contributed by atoms with Crippen LogP contribution in [0, 0.1) is 22.7 Å². The van der Waals surface area contributed by atoms with Crippen molar-refractivity contribution in [2.24, 2.45) is 0 Å². The van der Waals surface area contributed by atoms with Gasteiger partial charge in [0.05, 0.1) is 10.1 Å². The highest BCUT2D eigenvalue weighted by Gasteiger charge is 2.30. The van der Waals surface area contributed by atoms with E-state index in [0.29, 0.717) is 11.1 Å². The number of hydrogen-bond donors (Lipinski definition) is 0. The Kier molecular flexibility index (Phi) is 6.01. The van der Waals surface area contributed by atoms with Crippen molar-refractivity contribution in [2.75, 3.05) is 0 Å². The van der Waals surface area contributed by atoms with Gasteiger partial charge in [-0.1, -0.05) is 83.9 Å². The van der Waals surface area contributed by atoms with Gasteiger partial charge in [-0.15, -0.1) is 0 Å². The van der Waals surface area contributed by atoms with E-state index in [4.69, 9.17) is 23.2 Å². The SMILES string of the molecule is N#CC(=C(Cl)c1ccccc1)S(=O)(=O)C(C#N)=C(Cl)c1ccccc1. The minimum absolute atomic E-state index is 0.270. The molecule has 7 heteroatoms. The fraction of sp³-hybridized carbons (Fsp3) is 0. The molecule has 0 aliphatic rings. The van der Waals surface area contributed by atoms with E-state index in [1.54, 1.807) is 72.8 Å². The Morgan fingerprint density at radius 1 is 0.720 bits per heavy atom. The van der Waals surface area contributed by atoms with E-state index in [9.17, 15) is 18.9 Å². The molecule has 0 saturated heterocycles. The molecule has 0 spiro atoms. The van der Waals surface area contributed by atoms with Crippen molar-refractivity contribution >= 4 is 43.1 Å². The van der Waals surface area contributed by atoms with E-state index in [2.05, 4.69) is 0 Å². The molecule has 0 saturated carbocycles. The fourth-order valence-electron chi connectivity index (χ4n) is 1.99. The van der Waals surface area contributed by atoms with Gasteiger partial charge >= 0.3 is 0 Å². The summed E-state index contributed by atoms with van der Waals surface area (Å²) >= 11 is 12.2. The van der Waals surface area contributed by atoms with Gasteiger partial charge < -0.3 is 0 Å². The Morgan fingerprint density at radius 3 is 1.32 bits per heavy atom. The second kappa shape index (κ2) is 8.00. The topological polar surface area (TPSA) is 81.7 Å². The molecule has 0 unspecified atom stereocenters. The summed E-state index contributed by atoms with van der Waals surface area (Å²) in [5.74, 6) is 0. The van der Waals surface area contributed by atoms with E-state index < -0.39 is 19.6 Å². The first-order valence-electron chi connectivity index (χ1n) is 6.89. The molecule has 0 amide bonds. The third-order valence-corrected chi connectivity index (χ3v) is 5.90. The first kappa shape index (κ1) is 18.8. The second-order valence-electron chi connectivity index (χ2n) is 4.75. The number of allylic oxidation sites excluding steroid dienone is 2. The summed E-state index contributed by atoms with van der Waals surface area (Å²) in [6, 6.07) is 19.4. The number of nitrogens with zero attached hydrogens (tertiary/aromatic N) is 2. The average molecular weight is 389 g/mol. The quantitative estimate of drug-likeness (QED) is 0.712. The number of hydrogen-bond acceptors (Lipinski definition) is 4. The van der Waals surface area contributed by atoms with Crippen LogP contribution in [0.2, 0.25) is 0 Å². The third kappa shape index (κ3) is 3.92. The van der Waals surface area contributed by atoms with Gasteiger partial charge in [-0.3, -0.25) is 0 Å². The predicted octanol–water partition coefficient (Wildman–Crippen LogP) is 4.66. The maximum Gasteiger partial charge on any atom is 0.229 e. The number of nitriles is 2. The summed E-state index contributed by atoms with van der Waals surface area (Å²) in [7, 11) is -4.48. The summed E-state index contributed by atoms with van der Waals surface area (Å²) in [6.45, 7) is 0. The van der Waals surface area contributed by atoms with Crippen LogP contribution >= 0.6 is 23.2 Å². The molecule has 0 atom stereocenters. The van der Waals surface area contributed by atoms with Crippen molar-refractivity contribution in [3.05, 3.63) is 81.6 Å². The summed E-state index contributed by atoms with van der Waals surface area (Å²) < 4.78 is 25.6. The molecule has 4 nitrogen and oxygen atoms in total. The Bertz CT molecular complexity index is 950. The van der Waals surface area contributed by atoms with Crippen LogP contribution in [0.15, 0.2) is 70.5 Å². The average Bonchev–Trinajstić information content (AvgIpc) is 2.63. The van der Waals surface area contributed by atoms with Gasteiger partial charge in [-0.05, 0) is 11.1 Å². The van der Waals surface area contributed by atoms with Gasteiger partial charge in [-0.2, -0.15) is 10.5 Å². The molecule has 0 N–H and O–H groups in total. The smallest absolute Gasteiger partial charge is 0.217 e. The van der Waals surface area contributed by atoms with E-state index in [1.807, 2.05) is 0 Å². The molecule has 2 rings (SSSR count). The monoisotopic (exact) mass is 388 g/mol. The third-order valence-electron chi connectivity index (χ3n) is 3.19. The van der Waals surface area contributed by atoms with Gasteiger partial charge in [0.25, 0.3) is 0 Å². The lowest BCUT2D eigenvalue weighted by Crippen LogP contribution is -2.08. The largest absolute Gasteiger partial charge is 0.229 e. The van der Waals surface area contributed by atoms with Gasteiger partial charge in [0, 0.05) is 0 Å². The van der Waals surface area contributed by atoms with Gasteiger partial charge in [0.2, 0.25) is 9.84 Å². The van der Waals surface area contributed by atoms with Crippen molar-refractivity contribution in [1.82, 2.24) is 0 Å². The Hall–Kier alpha value is -2.57. The first-order chi connectivity index (χ1) is 11.9. The van der Waals surface area contributed by atoms with Crippen LogP contribution < -0.4 is 0 Å². The van der Waals surface area contributed by atoms with Crippen molar-refractivity contribution in [2.45, 2.75) is 0 Å². The molecule has 2 aromatic rings. The molecule has 0 bridgehead atoms. The lowest BCUT2D eigenvalue weighted by Gasteiger charge is -2.07. The van der Waals surface area contributed by atoms with Crippen LogP contribution in [0.5, 0.6) is 0 Å². The summed E-state index contributed by atoms with van der Waals surface area (Å²) in [5.41, 5.74) is 0.690. The summed E-state index contributed by atoms with van der Waals surface area (Å²) in [5, 5.41) is 18.1. The molecule has 0 heterocycles. The lowest BCUT2D eigenvalue weighted by atomic mass is 10.2. The maximum atomic E-state index is 12.8. The van der Waals surface area contributed by atoms with Crippen molar-refractivity contribution in [1.29, 1.82) is 10.5 Å². The van der Waals surface area contributed by atoms with E-state index in [1.165, 1.54) is 0 Å². The van der Waals surface area contributed by atoms with Crippen LogP contribution in [-0.2, 0) is 9.84 Å². The van der Waals surface area contributed by atoms with Crippen molar-refractivity contribution in [3.8, 4) is 12.1 Å². The molecule has 0 radical (unpaired) electrons. The molecule has 124 valence electrons. The molecule has 0 aliphatic carbocycles. The highest BCUT2D eigenvalue weighted by Crippen LogP contribution is 2.33. The standard InChI is InChI=1S/C18H10Cl2N2O2S/c19-17(13-7-3-1-4-8-13)15(11-21)25(23,24)16(12-22)18(20)14-9-5-2-6-10-14/h1-10H. The number of halogens is 2. The molecular weight excluding hydrogens is 379 g/mol. The zero-order valence-electron chi connectivity index (χ0n) is 12.6. The number of rotatable bonds is 4. The molecule has 0 aliphatic heterocycles. The van der Waals surface area contributed by atoms with Crippen LogP contribution in [0.3, 0.4) is 0 Å². The minimum Gasteiger partial charge on any atom is -0.217 e. The molecule has 2 aromatic carbocycles. The zero-order chi connectivity index (χ0) is 18.4. The Morgan fingerprint density at radius 2 is 1.04 bits per heavy atom. The van der Waals surface area contributed by atoms with Crippen LogP contribution in [0.1, 0.15) is 11.1 Å². The summed E-state index contributed by atoms with van der Waals surface area (Å²) in [4.78, 5) is -1.46. The van der Waals surface area contributed by atoms with Crippen LogP contribution in [0.25, 0.3) is 10.1 Å². The fourth-order valence-corrected chi connectivity index (χ4v) is 4.09. The molecule has 25 heavy (non-hydrogen) atoms. The van der Waals surface area contributed by atoms with Gasteiger partial charge in [-0.25, -0.2) is 8.42 Å². The molecule has 0 fully saturated rings. The highest BCUT2D eigenvalue weighted by atomic mass is 35.5. The Balaban J connectivity index is 2.71. The number of benzene rings is 2. The van der Waals surface area contributed by atoms with Gasteiger partial charge in [0.1, 0.15) is 12.1 Å². The molecule has 0 aromatic heterocycles. The number of sulfone groups is 1. The van der Waals surface area contributed by atoms with Crippen molar-refractivity contribution < 1.29 is 8.42 Å².